The Bertz CT molecular complexity index is 449. The minimum absolute atomic E-state index is 0.120. The third kappa shape index (κ3) is 1.60. The van der Waals surface area contributed by atoms with E-state index >= 15 is 0 Å². The molecule has 1 heterocycles. The molecule has 4 nitrogen and oxygen atoms in total. The Labute approximate surface area is 107 Å². The molecule has 0 saturated heterocycles. The van der Waals surface area contributed by atoms with E-state index in [9.17, 15) is 0 Å². The van der Waals surface area contributed by atoms with E-state index < -0.39 is 0 Å². The highest BCUT2D eigenvalue weighted by Crippen LogP contribution is 2.48. The molecule has 98 valence electrons. The molecule has 0 spiro atoms. The third-order valence-electron chi connectivity index (χ3n) is 4.20. The summed E-state index contributed by atoms with van der Waals surface area (Å²) >= 11 is 0. The van der Waals surface area contributed by atoms with Crippen molar-refractivity contribution in [2.24, 2.45) is 5.73 Å². The summed E-state index contributed by atoms with van der Waals surface area (Å²) in [5.74, 6) is 1.66. The molecule has 2 aliphatic rings. The van der Waals surface area contributed by atoms with Crippen molar-refractivity contribution in [1.29, 1.82) is 0 Å². The molecule has 1 aromatic carbocycles. The summed E-state index contributed by atoms with van der Waals surface area (Å²) in [5, 5.41) is 0. The van der Waals surface area contributed by atoms with Gasteiger partial charge in [0.25, 0.3) is 0 Å². The molecule has 2 N–H and O–H groups in total. The van der Waals surface area contributed by atoms with Crippen LogP contribution in [0.4, 0.5) is 0 Å². The number of hydrogen-bond donors (Lipinski definition) is 1. The van der Waals surface area contributed by atoms with Gasteiger partial charge in [0, 0.05) is 24.6 Å². The number of methoxy groups -OCH3 is 1. The standard InChI is InChI=1S/C14H19NO3/c1-16-7-10-11(14(8-15)5-2-6-14)3-4-12-13(10)18-9-17-12/h3-4H,2,5-9,15H2,1H3. The van der Waals surface area contributed by atoms with Crippen LogP contribution in [0.25, 0.3) is 0 Å². The van der Waals surface area contributed by atoms with Crippen molar-refractivity contribution in [1.82, 2.24) is 0 Å². The van der Waals surface area contributed by atoms with Crippen molar-refractivity contribution < 1.29 is 14.2 Å². The fraction of sp³-hybridized carbons (Fsp3) is 0.571. The average Bonchev–Trinajstić information content (AvgIpc) is 2.79. The van der Waals surface area contributed by atoms with Crippen LogP contribution in [0, 0.1) is 0 Å². The molecule has 1 aliphatic carbocycles. The predicted octanol–water partition coefficient (Wildman–Crippen LogP) is 1.94. The lowest BCUT2D eigenvalue weighted by Gasteiger charge is -2.42. The molecule has 0 amide bonds. The van der Waals surface area contributed by atoms with Crippen molar-refractivity contribution >= 4 is 0 Å². The van der Waals surface area contributed by atoms with Crippen molar-refractivity contribution in [2.75, 3.05) is 20.4 Å². The topological polar surface area (TPSA) is 53.7 Å². The summed E-state index contributed by atoms with van der Waals surface area (Å²) in [7, 11) is 1.70. The highest BCUT2D eigenvalue weighted by Gasteiger charge is 2.40. The second-order valence-electron chi connectivity index (χ2n) is 5.10. The van der Waals surface area contributed by atoms with Crippen LogP contribution >= 0.6 is 0 Å². The van der Waals surface area contributed by atoms with E-state index in [0.717, 1.165) is 29.9 Å². The Morgan fingerprint density at radius 3 is 2.78 bits per heavy atom. The first-order valence-electron chi connectivity index (χ1n) is 6.42. The lowest BCUT2D eigenvalue weighted by molar-refractivity contribution is 0.159. The zero-order valence-electron chi connectivity index (χ0n) is 10.7. The summed E-state index contributed by atoms with van der Waals surface area (Å²) < 4.78 is 16.3. The van der Waals surface area contributed by atoms with Gasteiger partial charge in [-0.15, -0.1) is 0 Å². The molecule has 1 aromatic rings. The van der Waals surface area contributed by atoms with Gasteiger partial charge in [-0.2, -0.15) is 0 Å². The minimum Gasteiger partial charge on any atom is -0.454 e. The Morgan fingerprint density at radius 1 is 1.33 bits per heavy atom. The highest BCUT2D eigenvalue weighted by atomic mass is 16.7. The summed E-state index contributed by atoms with van der Waals surface area (Å²) in [6.07, 6.45) is 3.55. The molecule has 1 fully saturated rings. The zero-order valence-corrected chi connectivity index (χ0v) is 10.7. The fourth-order valence-corrected chi connectivity index (χ4v) is 3.00. The van der Waals surface area contributed by atoms with Crippen LogP contribution < -0.4 is 15.2 Å². The Kier molecular flexibility index (Phi) is 2.92. The molecule has 0 aromatic heterocycles. The maximum atomic E-state index is 6.00. The van der Waals surface area contributed by atoms with Crippen molar-refractivity contribution in [3.63, 3.8) is 0 Å². The minimum atomic E-state index is 0.120. The van der Waals surface area contributed by atoms with Gasteiger partial charge >= 0.3 is 0 Å². The number of nitrogens with two attached hydrogens (primary N) is 1. The van der Waals surface area contributed by atoms with Crippen LogP contribution in [-0.2, 0) is 16.8 Å². The monoisotopic (exact) mass is 249 g/mol. The molecule has 0 bridgehead atoms. The summed E-state index contributed by atoms with van der Waals surface area (Å²) in [6.45, 7) is 1.53. The van der Waals surface area contributed by atoms with Crippen LogP contribution in [0.3, 0.4) is 0 Å². The molecular formula is C14H19NO3. The van der Waals surface area contributed by atoms with Gasteiger partial charge in [0.05, 0.1) is 6.61 Å². The van der Waals surface area contributed by atoms with E-state index in [1.54, 1.807) is 7.11 Å². The van der Waals surface area contributed by atoms with Gasteiger partial charge in [0.15, 0.2) is 11.5 Å². The van der Waals surface area contributed by atoms with Crippen molar-refractivity contribution in [2.45, 2.75) is 31.3 Å². The Morgan fingerprint density at radius 2 is 2.17 bits per heavy atom. The zero-order chi connectivity index (χ0) is 12.6. The maximum Gasteiger partial charge on any atom is 0.231 e. The van der Waals surface area contributed by atoms with E-state index in [-0.39, 0.29) is 5.41 Å². The van der Waals surface area contributed by atoms with Gasteiger partial charge in [-0.05, 0) is 24.5 Å². The van der Waals surface area contributed by atoms with Gasteiger partial charge in [0.2, 0.25) is 6.79 Å². The molecule has 0 atom stereocenters. The smallest absolute Gasteiger partial charge is 0.231 e. The number of rotatable bonds is 4. The second-order valence-corrected chi connectivity index (χ2v) is 5.10. The molecule has 1 aliphatic heterocycles. The maximum absolute atomic E-state index is 6.00. The molecule has 3 rings (SSSR count). The SMILES string of the molecule is COCc1c(C2(CN)CCC2)ccc2c1OCO2. The van der Waals surface area contributed by atoms with E-state index in [1.807, 2.05) is 6.07 Å². The summed E-state index contributed by atoms with van der Waals surface area (Å²) in [4.78, 5) is 0. The molecule has 0 unspecified atom stereocenters. The van der Waals surface area contributed by atoms with Gasteiger partial charge in [-0.3, -0.25) is 0 Å². The number of benzene rings is 1. The van der Waals surface area contributed by atoms with Crippen LogP contribution in [-0.4, -0.2) is 20.4 Å². The fourth-order valence-electron chi connectivity index (χ4n) is 3.00. The van der Waals surface area contributed by atoms with Gasteiger partial charge in [-0.1, -0.05) is 12.5 Å². The van der Waals surface area contributed by atoms with E-state index in [1.165, 1.54) is 12.0 Å². The molecule has 4 heteroatoms. The number of hydrogen-bond acceptors (Lipinski definition) is 4. The van der Waals surface area contributed by atoms with Crippen LogP contribution in [0.1, 0.15) is 30.4 Å². The van der Waals surface area contributed by atoms with E-state index in [2.05, 4.69) is 6.07 Å². The first-order valence-corrected chi connectivity index (χ1v) is 6.42. The number of ether oxygens (including phenoxy) is 3. The first kappa shape index (κ1) is 11.8. The molecule has 1 saturated carbocycles. The van der Waals surface area contributed by atoms with E-state index in [4.69, 9.17) is 19.9 Å². The normalized spacial score (nSPS) is 19.7. The van der Waals surface area contributed by atoms with Gasteiger partial charge in [0.1, 0.15) is 0 Å². The lowest BCUT2D eigenvalue weighted by atomic mass is 9.63. The Hall–Kier alpha value is -1.26. The van der Waals surface area contributed by atoms with Crippen molar-refractivity contribution in [3.05, 3.63) is 23.3 Å². The Balaban J connectivity index is 2.08. The van der Waals surface area contributed by atoms with Crippen LogP contribution in [0.5, 0.6) is 11.5 Å². The van der Waals surface area contributed by atoms with Crippen LogP contribution in [0.2, 0.25) is 0 Å². The first-order chi connectivity index (χ1) is 8.80. The predicted molar refractivity (Wildman–Crippen MR) is 67.9 cm³/mol. The average molecular weight is 249 g/mol. The van der Waals surface area contributed by atoms with Gasteiger partial charge in [-0.25, -0.2) is 0 Å². The van der Waals surface area contributed by atoms with Gasteiger partial charge < -0.3 is 19.9 Å². The summed E-state index contributed by atoms with van der Waals surface area (Å²) in [6, 6.07) is 4.13. The lowest BCUT2D eigenvalue weighted by Crippen LogP contribution is -2.42. The highest BCUT2D eigenvalue weighted by molar-refractivity contribution is 5.54. The molecule has 18 heavy (non-hydrogen) atoms. The third-order valence-corrected chi connectivity index (χ3v) is 4.20. The van der Waals surface area contributed by atoms with E-state index in [0.29, 0.717) is 19.9 Å². The van der Waals surface area contributed by atoms with Crippen LogP contribution in [0.15, 0.2) is 12.1 Å². The largest absolute Gasteiger partial charge is 0.454 e. The second kappa shape index (κ2) is 4.44. The van der Waals surface area contributed by atoms with Crippen molar-refractivity contribution in [3.8, 4) is 11.5 Å². The molecular weight excluding hydrogens is 230 g/mol. The number of fused-ring (bicyclic) bond motifs is 1. The quantitative estimate of drug-likeness (QED) is 0.886. The summed E-state index contributed by atoms with van der Waals surface area (Å²) in [5.41, 5.74) is 8.51. The molecule has 0 radical (unpaired) electrons.